The number of sulfonamides is 1. The fraction of sp³-hybridized carbons (Fsp3) is 0.333. The summed E-state index contributed by atoms with van der Waals surface area (Å²) >= 11 is 0. The summed E-state index contributed by atoms with van der Waals surface area (Å²) in [5.41, 5.74) is 0. The molecule has 1 aromatic rings. The Balaban J connectivity index is 2.90. The maximum absolute atomic E-state index is 13.2. The monoisotopic (exact) mass is 262 g/mol. The maximum atomic E-state index is 13.2. The van der Waals surface area contributed by atoms with Gasteiger partial charge >= 0.3 is 5.97 Å². The molecule has 0 spiro atoms. The van der Waals surface area contributed by atoms with Gasteiger partial charge < -0.3 is 5.11 Å². The Morgan fingerprint density at radius 2 is 2.29 bits per heavy atom. The minimum atomic E-state index is -4.14. The molecule has 6 nitrogen and oxygen atoms in total. The molecule has 94 valence electrons. The molecule has 0 saturated heterocycles. The minimum absolute atomic E-state index is 0.395. The van der Waals surface area contributed by atoms with E-state index in [0.717, 1.165) is 12.3 Å². The van der Waals surface area contributed by atoms with E-state index in [9.17, 15) is 17.6 Å². The first kappa shape index (κ1) is 13.5. The molecule has 0 radical (unpaired) electrons. The summed E-state index contributed by atoms with van der Waals surface area (Å²) in [4.78, 5) is 13.8. The third-order valence-electron chi connectivity index (χ3n) is 1.82. The lowest BCUT2D eigenvalue weighted by molar-refractivity contribution is -0.137. The van der Waals surface area contributed by atoms with Gasteiger partial charge in [0, 0.05) is 12.2 Å². The molecule has 0 aromatic carbocycles. The number of aromatic nitrogens is 1. The van der Waals surface area contributed by atoms with Crippen molar-refractivity contribution >= 4 is 16.0 Å². The number of rotatable bonds is 5. The molecule has 1 rings (SSSR count). The lowest BCUT2D eigenvalue weighted by Crippen LogP contribution is -2.35. The zero-order valence-electron chi connectivity index (χ0n) is 8.92. The topological polar surface area (TPSA) is 96.4 Å². The summed E-state index contributed by atoms with van der Waals surface area (Å²) in [6.45, 7) is 1.37. The van der Waals surface area contributed by atoms with E-state index in [1.165, 1.54) is 13.0 Å². The molecular formula is C9H11FN2O4S. The van der Waals surface area contributed by atoms with Gasteiger partial charge in [-0.25, -0.2) is 22.5 Å². The molecule has 0 aliphatic carbocycles. The summed E-state index contributed by atoms with van der Waals surface area (Å²) in [5.74, 6) is -2.13. The van der Waals surface area contributed by atoms with Crippen molar-refractivity contribution in [2.45, 2.75) is 24.4 Å². The van der Waals surface area contributed by atoms with Gasteiger partial charge in [-0.3, -0.25) is 4.79 Å². The summed E-state index contributed by atoms with van der Waals surface area (Å²) < 4.78 is 38.5. The lowest BCUT2D eigenvalue weighted by Gasteiger charge is -2.11. The number of carboxylic acid groups (broad SMARTS) is 1. The van der Waals surface area contributed by atoms with Crippen LogP contribution in [0.15, 0.2) is 23.4 Å². The van der Waals surface area contributed by atoms with Crippen molar-refractivity contribution in [3.63, 3.8) is 0 Å². The van der Waals surface area contributed by atoms with Crippen molar-refractivity contribution < 1.29 is 22.7 Å². The Labute approximate surface area is 97.5 Å². The fourth-order valence-corrected chi connectivity index (χ4v) is 2.44. The van der Waals surface area contributed by atoms with Gasteiger partial charge in [-0.1, -0.05) is 0 Å². The van der Waals surface area contributed by atoms with E-state index < -0.39 is 39.3 Å². The number of halogens is 1. The molecule has 1 heterocycles. The third-order valence-corrected chi connectivity index (χ3v) is 3.34. The largest absolute Gasteiger partial charge is 0.481 e. The Kier molecular flexibility index (Phi) is 4.13. The van der Waals surface area contributed by atoms with Crippen LogP contribution in [0.4, 0.5) is 4.39 Å². The molecule has 0 aliphatic rings. The van der Waals surface area contributed by atoms with Gasteiger partial charge in [0.05, 0.1) is 6.42 Å². The first-order valence-electron chi connectivity index (χ1n) is 4.67. The standard InChI is InChI=1S/C9H11FN2O4S/c1-6(5-8(13)14)12-17(15,16)9-7(10)3-2-4-11-9/h2-4,6,12H,5H2,1H3,(H,13,14). The Morgan fingerprint density at radius 1 is 1.65 bits per heavy atom. The van der Waals surface area contributed by atoms with Crippen LogP contribution in [0.5, 0.6) is 0 Å². The second-order valence-corrected chi connectivity index (χ2v) is 5.04. The zero-order chi connectivity index (χ0) is 13.1. The van der Waals surface area contributed by atoms with Gasteiger partial charge in [0.2, 0.25) is 5.03 Å². The molecule has 1 unspecified atom stereocenters. The van der Waals surface area contributed by atoms with Crippen LogP contribution in [0.2, 0.25) is 0 Å². The second kappa shape index (κ2) is 5.19. The first-order valence-corrected chi connectivity index (χ1v) is 6.16. The summed E-state index contributed by atoms with van der Waals surface area (Å²) in [6.07, 6.45) is 0.743. The Hall–Kier alpha value is -1.54. The molecule has 1 atom stereocenters. The predicted molar refractivity (Wildman–Crippen MR) is 56.2 cm³/mol. The number of carboxylic acids is 1. The molecule has 8 heteroatoms. The fourth-order valence-electron chi connectivity index (χ4n) is 1.19. The van der Waals surface area contributed by atoms with Gasteiger partial charge in [0.25, 0.3) is 10.0 Å². The molecule has 0 saturated carbocycles. The quantitative estimate of drug-likeness (QED) is 0.798. The molecule has 1 aromatic heterocycles. The molecule has 0 bridgehead atoms. The Bertz CT molecular complexity index is 517. The van der Waals surface area contributed by atoms with E-state index in [1.54, 1.807) is 0 Å². The number of nitrogens with one attached hydrogen (secondary N) is 1. The highest BCUT2D eigenvalue weighted by Crippen LogP contribution is 2.10. The van der Waals surface area contributed by atoms with Gasteiger partial charge in [0.15, 0.2) is 5.82 Å². The molecule has 17 heavy (non-hydrogen) atoms. The molecular weight excluding hydrogens is 251 g/mol. The summed E-state index contributed by atoms with van der Waals surface area (Å²) in [7, 11) is -4.14. The van der Waals surface area contributed by atoms with Crippen LogP contribution in [0.25, 0.3) is 0 Å². The number of hydrogen-bond acceptors (Lipinski definition) is 4. The number of nitrogens with zero attached hydrogens (tertiary/aromatic N) is 1. The van der Waals surface area contributed by atoms with Crippen molar-refractivity contribution in [2.75, 3.05) is 0 Å². The third kappa shape index (κ3) is 3.75. The van der Waals surface area contributed by atoms with Gasteiger partial charge in [0.1, 0.15) is 0 Å². The second-order valence-electron chi connectivity index (χ2n) is 3.41. The van der Waals surface area contributed by atoms with Crippen LogP contribution in [0, 0.1) is 5.82 Å². The average Bonchev–Trinajstić information content (AvgIpc) is 2.15. The highest BCUT2D eigenvalue weighted by Gasteiger charge is 2.23. The van der Waals surface area contributed by atoms with Crippen LogP contribution < -0.4 is 4.72 Å². The van der Waals surface area contributed by atoms with E-state index in [1.807, 2.05) is 4.72 Å². The number of pyridine rings is 1. The van der Waals surface area contributed by atoms with Crippen molar-refractivity contribution in [1.82, 2.24) is 9.71 Å². The summed E-state index contributed by atoms with van der Waals surface area (Å²) in [5, 5.41) is 7.74. The Morgan fingerprint density at radius 3 is 2.82 bits per heavy atom. The summed E-state index contributed by atoms with van der Waals surface area (Å²) in [6, 6.07) is 1.37. The van der Waals surface area contributed by atoms with E-state index in [0.29, 0.717) is 0 Å². The average molecular weight is 262 g/mol. The SMILES string of the molecule is CC(CC(=O)O)NS(=O)(=O)c1ncccc1F. The predicted octanol–water partition coefficient (Wildman–Crippen LogP) is 0.362. The van der Waals surface area contributed by atoms with Crippen molar-refractivity contribution in [2.24, 2.45) is 0 Å². The highest BCUT2D eigenvalue weighted by atomic mass is 32.2. The number of hydrogen-bond donors (Lipinski definition) is 2. The van der Waals surface area contributed by atoms with Gasteiger partial charge in [-0.15, -0.1) is 0 Å². The maximum Gasteiger partial charge on any atom is 0.304 e. The smallest absolute Gasteiger partial charge is 0.304 e. The van der Waals surface area contributed by atoms with Crippen molar-refractivity contribution in [3.8, 4) is 0 Å². The normalized spacial score (nSPS) is 13.3. The lowest BCUT2D eigenvalue weighted by atomic mass is 10.3. The van der Waals surface area contributed by atoms with Crippen LogP contribution in [-0.2, 0) is 14.8 Å². The van der Waals surface area contributed by atoms with Crippen LogP contribution in [-0.4, -0.2) is 30.5 Å². The van der Waals surface area contributed by atoms with E-state index in [2.05, 4.69) is 4.98 Å². The molecule has 0 fully saturated rings. The van der Waals surface area contributed by atoms with Crippen LogP contribution >= 0.6 is 0 Å². The molecule has 0 amide bonds. The van der Waals surface area contributed by atoms with Crippen molar-refractivity contribution in [1.29, 1.82) is 0 Å². The minimum Gasteiger partial charge on any atom is -0.481 e. The van der Waals surface area contributed by atoms with Crippen LogP contribution in [0.3, 0.4) is 0 Å². The van der Waals surface area contributed by atoms with E-state index in [-0.39, 0.29) is 0 Å². The zero-order valence-corrected chi connectivity index (χ0v) is 9.74. The van der Waals surface area contributed by atoms with Crippen LogP contribution in [0.1, 0.15) is 13.3 Å². The van der Waals surface area contributed by atoms with Gasteiger partial charge in [-0.2, -0.15) is 0 Å². The van der Waals surface area contributed by atoms with Gasteiger partial charge in [-0.05, 0) is 19.1 Å². The highest BCUT2D eigenvalue weighted by molar-refractivity contribution is 7.89. The van der Waals surface area contributed by atoms with Crippen molar-refractivity contribution in [3.05, 3.63) is 24.1 Å². The number of aliphatic carboxylic acids is 1. The molecule has 0 aliphatic heterocycles. The van der Waals surface area contributed by atoms with E-state index in [4.69, 9.17) is 5.11 Å². The molecule has 2 N–H and O–H groups in total. The first-order chi connectivity index (χ1) is 7.83. The number of carbonyl (C=O) groups is 1. The van der Waals surface area contributed by atoms with E-state index >= 15 is 0 Å².